The molecule has 1 aliphatic rings. The predicted molar refractivity (Wildman–Crippen MR) is 56.8 cm³/mol. The van der Waals surface area contributed by atoms with Gasteiger partial charge in [0.1, 0.15) is 11.3 Å². The number of piperazine rings is 1. The van der Waals surface area contributed by atoms with Crippen molar-refractivity contribution in [2.75, 3.05) is 31.1 Å². The zero-order valence-electron chi connectivity index (χ0n) is 8.27. The molecule has 1 fully saturated rings. The standard InChI is InChI=1S/C9H12N6/c1-2-8(15-5-3-10-4-6-15)11-9-7(1)12-14-13-9/h1-2,10H,3-6H2,(H,11,12,13,14). The van der Waals surface area contributed by atoms with Gasteiger partial charge in [-0.3, -0.25) is 5.10 Å². The second-order valence-electron chi connectivity index (χ2n) is 3.59. The van der Waals surface area contributed by atoms with E-state index in [0.717, 1.165) is 37.5 Å². The lowest BCUT2D eigenvalue weighted by Crippen LogP contribution is -2.43. The van der Waals surface area contributed by atoms with Crippen molar-refractivity contribution in [3.05, 3.63) is 12.1 Å². The van der Waals surface area contributed by atoms with Gasteiger partial charge in [0.05, 0.1) is 0 Å². The van der Waals surface area contributed by atoms with Crippen LogP contribution < -0.4 is 10.2 Å². The average molecular weight is 204 g/mol. The molecule has 0 bridgehead atoms. The van der Waals surface area contributed by atoms with E-state index in [1.807, 2.05) is 12.1 Å². The zero-order valence-corrected chi connectivity index (χ0v) is 8.27. The Morgan fingerprint density at radius 3 is 2.93 bits per heavy atom. The van der Waals surface area contributed by atoms with E-state index in [0.29, 0.717) is 5.65 Å². The number of nitrogens with one attached hydrogen (secondary N) is 2. The van der Waals surface area contributed by atoms with Gasteiger partial charge in [-0.15, -0.1) is 5.10 Å². The molecule has 0 aliphatic carbocycles. The summed E-state index contributed by atoms with van der Waals surface area (Å²) in [5.74, 6) is 0.984. The molecule has 1 aliphatic heterocycles. The van der Waals surface area contributed by atoms with Crippen molar-refractivity contribution in [1.82, 2.24) is 25.7 Å². The summed E-state index contributed by atoms with van der Waals surface area (Å²) in [6, 6.07) is 3.98. The molecule has 2 aromatic rings. The van der Waals surface area contributed by atoms with Gasteiger partial charge in [-0.2, -0.15) is 0 Å². The maximum Gasteiger partial charge on any atom is 0.203 e. The van der Waals surface area contributed by atoms with Crippen molar-refractivity contribution < 1.29 is 0 Å². The Hall–Kier alpha value is -1.69. The first-order chi connectivity index (χ1) is 7.43. The zero-order chi connectivity index (χ0) is 10.1. The van der Waals surface area contributed by atoms with Crippen LogP contribution >= 0.6 is 0 Å². The third-order valence-electron chi connectivity index (χ3n) is 2.62. The van der Waals surface area contributed by atoms with Crippen LogP contribution in [-0.4, -0.2) is 46.6 Å². The van der Waals surface area contributed by atoms with E-state index in [-0.39, 0.29) is 0 Å². The Morgan fingerprint density at radius 2 is 2.07 bits per heavy atom. The molecule has 0 unspecified atom stereocenters. The average Bonchev–Trinajstić information content (AvgIpc) is 2.77. The van der Waals surface area contributed by atoms with Crippen molar-refractivity contribution in [3.63, 3.8) is 0 Å². The Bertz CT molecular complexity index is 458. The third-order valence-corrected chi connectivity index (χ3v) is 2.62. The summed E-state index contributed by atoms with van der Waals surface area (Å²) < 4.78 is 0. The molecule has 2 N–H and O–H groups in total. The number of aromatic nitrogens is 4. The minimum atomic E-state index is 0.686. The summed E-state index contributed by atoms with van der Waals surface area (Å²) in [6.45, 7) is 4.02. The quantitative estimate of drug-likeness (QED) is 0.671. The Labute approximate surface area is 86.7 Å². The molecule has 1 saturated heterocycles. The first-order valence-electron chi connectivity index (χ1n) is 5.07. The smallest absolute Gasteiger partial charge is 0.203 e. The fourth-order valence-electron chi connectivity index (χ4n) is 1.80. The summed E-state index contributed by atoms with van der Waals surface area (Å²) in [4.78, 5) is 6.71. The van der Waals surface area contributed by atoms with Gasteiger partial charge in [0.15, 0.2) is 0 Å². The monoisotopic (exact) mass is 204 g/mol. The Morgan fingerprint density at radius 1 is 1.20 bits per heavy atom. The van der Waals surface area contributed by atoms with Crippen LogP contribution in [0.1, 0.15) is 0 Å². The van der Waals surface area contributed by atoms with Crippen LogP contribution in [0.2, 0.25) is 0 Å². The molecule has 6 nitrogen and oxygen atoms in total. The molecule has 0 aromatic carbocycles. The van der Waals surface area contributed by atoms with Crippen LogP contribution in [0.15, 0.2) is 12.1 Å². The second-order valence-corrected chi connectivity index (χ2v) is 3.59. The lowest BCUT2D eigenvalue weighted by atomic mass is 10.3. The molecule has 2 aromatic heterocycles. The van der Waals surface area contributed by atoms with Crippen LogP contribution in [0.4, 0.5) is 5.82 Å². The molecular formula is C9H12N6. The van der Waals surface area contributed by atoms with Gasteiger partial charge in [-0.05, 0) is 12.1 Å². The number of hydrogen-bond donors (Lipinski definition) is 2. The number of aromatic amines is 1. The summed E-state index contributed by atoms with van der Waals surface area (Å²) in [5.41, 5.74) is 1.57. The fourth-order valence-corrected chi connectivity index (χ4v) is 1.80. The topological polar surface area (TPSA) is 69.7 Å². The summed E-state index contributed by atoms with van der Waals surface area (Å²) in [7, 11) is 0. The Kier molecular flexibility index (Phi) is 1.99. The molecule has 0 amide bonds. The number of H-pyrrole nitrogens is 1. The minimum absolute atomic E-state index is 0.686. The number of hydrogen-bond acceptors (Lipinski definition) is 5. The van der Waals surface area contributed by atoms with Crippen LogP contribution in [0.3, 0.4) is 0 Å². The van der Waals surface area contributed by atoms with Gasteiger partial charge < -0.3 is 10.2 Å². The van der Waals surface area contributed by atoms with Gasteiger partial charge >= 0.3 is 0 Å². The Balaban J connectivity index is 1.95. The molecule has 0 radical (unpaired) electrons. The highest BCUT2D eigenvalue weighted by Crippen LogP contribution is 2.14. The predicted octanol–water partition coefficient (Wildman–Crippen LogP) is -0.238. The van der Waals surface area contributed by atoms with E-state index in [1.54, 1.807) is 0 Å². The summed E-state index contributed by atoms with van der Waals surface area (Å²) in [6.07, 6.45) is 0. The number of nitrogens with zero attached hydrogens (tertiary/aromatic N) is 4. The van der Waals surface area contributed by atoms with Crippen molar-refractivity contribution in [3.8, 4) is 0 Å². The van der Waals surface area contributed by atoms with Crippen LogP contribution in [0, 0.1) is 0 Å². The van der Waals surface area contributed by atoms with Crippen LogP contribution in [0.25, 0.3) is 11.2 Å². The number of anilines is 1. The molecule has 0 atom stereocenters. The molecule has 3 heterocycles. The molecule has 78 valence electrons. The van der Waals surface area contributed by atoms with Crippen molar-refractivity contribution in [2.45, 2.75) is 0 Å². The summed E-state index contributed by atoms with van der Waals surface area (Å²) >= 11 is 0. The van der Waals surface area contributed by atoms with Gasteiger partial charge in [0, 0.05) is 26.2 Å². The van der Waals surface area contributed by atoms with Crippen molar-refractivity contribution in [1.29, 1.82) is 0 Å². The highest BCUT2D eigenvalue weighted by molar-refractivity contribution is 5.71. The van der Waals surface area contributed by atoms with E-state index in [9.17, 15) is 0 Å². The van der Waals surface area contributed by atoms with E-state index < -0.39 is 0 Å². The van der Waals surface area contributed by atoms with E-state index in [1.165, 1.54) is 0 Å². The largest absolute Gasteiger partial charge is 0.354 e. The number of pyridine rings is 1. The SMILES string of the molecule is c1cc2[nH]nnc2nc1N1CCNCC1. The molecule has 0 saturated carbocycles. The highest BCUT2D eigenvalue weighted by Gasteiger charge is 2.12. The third kappa shape index (κ3) is 1.52. The van der Waals surface area contributed by atoms with Crippen molar-refractivity contribution >= 4 is 17.0 Å². The normalized spacial score (nSPS) is 17.2. The lowest BCUT2D eigenvalue weighted by Gasteiger charge is -2.28. The maximum atomic E-state index is 4.45. The van der Waals surface area contributed by atoms with E-state index in [4.69, 9.17) is 0 Å². The highest BCUT2D eigenvalue weighted by atomic mass is 15.3. The first kappa shape index (κ1) is 8.60. The molecule has 15 heavy (non-hydrogen) atoms. The summed E-state index contributed by atoms with van der Waals surface area (Å²) in [5, 5.41) is 13.7. The molecular weight excluding hydrogens is 192 g/mol. The fraction of sp³-hybridized carbons (Fsp3) is 0.444. The van der Waals surface area contributed by atoms with Gasteiger partial charge in [-0.25, -0.2) is 4.98 Å². The van der Waals surface area contributed by atoms with Gasteiger partial charge in [0.25, 0.3) is 0 Å². The molecule has 3 rings (SSSR count). The van der Waals surface area contributed by atoms with Crippen LogP contribution in [-0.2, 0) is 0 Å². The maximum absolute atomic E-state index is 4.45. The van der Waals surface area contributed by atoms with Gasteiger partial charge in [0.2, 0.25) is 5.65 Å². The number of fused-ring (bicyclic) bond motifs is 1. The lowest BCUT2D eigenvalue weighted by molar-refractivity contribution is 0.585. The van der Waals surface area contributed by atoms with Gasteiger partial charge in [-0.1, -0.05) is 5.21 Å². The van der Waals surface area contributed by atoms with E-state index >= 15 is 0 Å². The van der Waals surface area contributed by atoms with Crippen molar-refractivity contribution in [2.24, 2.45) is 0 Å². The molecule has 6 heteroatoms. The minimum Gasteiger partial charge on any atom is -0.354 e. The van der Waals surface area contributed by atoms with Crippen LogP contribution in [0.5, 0.6) is 0 Å². The molecule has 0 spiro atoms. The number of rotatable bonds is 1. The first-order valence-corrected chi connectivity index (χ1v) is 5.07. The van der Waals surface area contributed by atoms with E-state index in [2.05, 4.69) is 30.6 Å². The second kappa shape index (κ2) is 3.47.